The van der Waals surface area contributed by atoms with Gasteiger partial charge in [0.15, 0.2) is 0 Å². The third kappa shape index (κ3) is 5.13. The minimum absolute atomic E-state index is 0.203. The summed E-state index contributed by atoms with van der Waals surface area (Å²) in [6.07, 6.45) is 4.22. The Hall–Kier alpha value is -4.87. The van der Waals surface area contributed by atoms with Crippen LogP contribution in [0.15, 0.2) is 85.1 Å². The minimum atomic E-state index is -0.203. The third-order valence-corrected chi connectivity index (χ3v) is 7.30. The number of amides is 1. The molecule has 194 valence electrons. The first-order valence-corrected chi connectivity index (χ1v) is 13.1. The molecule has 0 bridgehead atoms. The molecule has 1 fully saturated rings. The smallest absolute Gasteiger partial charge is 0.256 e. The van der Waals surface area contributed by atoms with Gasteiger partial charge in [-0.25, -0.2) is 0 Å². The molecule has 0 saturated carbocycles. The fourth-order valence-electron chi connectivity index (χ4n) is 5.17. The minimum Gasteiger partial charge on any atom is -0.382 e. The number of aromatic amines is 1. The summed E-state index contributed by atoms with van der Waals surface area (Å²) in [5.41, 5.74) is 5.71. The molecule has 6 rings (SSSR count). The Morgan fingerprint density at radius 1 is 1.03 bits per heavy atom. The van der Waals surface area contributed by atoms with Gasteiger partial charge in [0.05, 0.1) is 22.8 Å². The largest absolute Gasteiger partial charge is 0.382 e. The summed E-state index contributed by atoms with van der Waals surface area (Å²) in [5, 5.41) is 24.4. The lowest BCUT2D eigenvalue weighted by Gasteiger charge is -2.30. The highest BCUT2D eigenvalue weighted by Crippen LogP contribution is 2.31. The van der Waals surface area contributed by atoms with E-state index in [1.807, 2.05) is 79.0 Å². The van der Waals surface area contributed by atoms with Crippen molar-refractivity contribution in [3.05, 3.63) is 96.2 Å². The fourth-order valence-corrected chi connectivity index (χ4v) is 5.17. The first kappa shape index (κ1) is 24.5. The van der Waals surface area contributed by atoms with Crippen LogP contribution in [0.25, 0.3) is 27.8 Å². The lowest BCUT2D eigenvalue weighted by molar-refractivity contribution is 0.102. The molecule has 0 unspecified atom stereocenters. The molecule has 1 aliphatic heterocycles. The zero-order chi connectivity index (χ0) is 26.8. The summed E-state index contributed by atoms with van der Waals surface area (Å²) in [6, 6.07) is 27.7. The van der Waals surface area contributed by atoms with Crippen LogP contribution in [-0.4, -0.2) is 51.8 Å². The molecule has 0 spiro atoms. The van der Waals surface area contributed by atoms with Gasteiger partial charge in [-0.2, -0.15) is 10.4 Å². The highest BCUT2D eigenvalue weighted by molar-refractivity contribution is 6.04. The van der Waals surface area contributed by atoms with Gasteiger partial charge in [-0.05, 0) is 81.5 Å². The number of carbonyl (C=O) groups excluding carboxylic acids is 1. The fraction of sp³-hybridized carbons (Fsp3) is 0.194. The molecule has 8 nitrogen and oxygen atoms in total. The van der Waals surface area contributed by atoms with Crippen molar-refractivity contribution in [1.82, 2.24) is 19.7 Å². The van der Waals surface area contributed by atoms with Gasteiger partial charge in [0.25, 0.3) is 5.91 Å². The number of nitriles is 1. The quantitative estimate of drug-likeness (QED) is 0.271. The summed E-state index contributed by atoms with van der Waals surface area (Å²) in [6.45, 7) is 2.19. The van der Waals surface area contributed by atoms with Crippen LogP contribution in [0, 0.1) is 11.3 Å². The van der Waals surface area contributed by atoms with Gasteiger partial charge in [-0.15, -0.1) is 0 Å². The number of nitrogens with one attached hydrogen (secondary N) is 3. The van der Waals surface area contributed by atoms with E-state index < -0.39 is 0 Å². The molecular weight excluding hydrogens is 486 g/mol. The van der Waals surface area contributed by atoms with E-state index in [0.717, 1.165) is 53.8 Å². The van der Waals surface area contributed by atoms with Gasteiger partial charge in [0.1, 0.15) is 5.82 Å². The number of benzene rings is 3. The maximum atomic E-state index is 13.0. The number of nitrogens with zero attached hydrogens (tertiary/aromatic N) is 4. The van der Waals surface area contributed by atoms with Crippen molar-refractivity contribution in [2.75, 3.05) is 30.8 Å². The lowest BCUT2D eigenvalue weighted by Crippen LogP contribution is -2.36. The summed E-state index contributed by atoms with van der Waals surface area (Å²) in [7, 11) is 2.15. The van der Waals surface area contributed by atoms with Gasteiger partial charge in [-0.1, -0.05) is 24.3 Å². The maximum Gasteiger partial charge on any atom is 0.256 e. The summed E-state index contributed by atoms with van der Waals surface area (Å²) >= 11 is 0. The molecule has 0 radical (unpaired) electrons. The number of hydrogen-bond donors (Lipinski definition) is 3. The van der Waals surface area contributed by atoms with Gasteiger partial charge >= 0.3 is 0 Å². The number of likely N-dealkylation sites (tertiary alicyclic amines) is 1. The second kappa shape index (κ2) is 10.5. The summed E-state index contributed by atoms with van der Waals surface area (Å²) in [4.78, 5) is 15.3. The highest BCUT2D eigenvalue weighted by Gasteiger charge is 2.17. The number of aromatic nitrogens is 3. The zero-order valence-corrected chi connectivity index (χ0v) is 21.7. The van der Waals surface area contributed by atoms with Gasteiger partial charge in [0.2, 0.25) is 0 Å². The number of piperidine rings is 1. The van der Waals surface area contributed by atoms with Crippen LogP contribution in [0.2, 0.25) is 0 Å². The highest BCUT2D eigenvalue weighted by atomic mass is 16.1. The van der Waals surface area contributed by atoms with Crippen molar-refractivity contribution in [2.24, 2.45) is 0 Å². The second-order valence-corrected chi connectivity index (χ2v) is 10.0. The number of para-hydroxylation sites is 1. The predicted octanol–water partition coefficient (Wildman–Crippen LogP) is 5.65. The number of carbonyl (C=O) groups is 1. The van der Waals surface area contributed by atoms with Crippen LogP contribution in [0.1, 0.15) is 28.8 Å². The van der Waals surface area contributed by atoms with Gasteiger partial charge in [-0.3, -0.25) is 9.89 Å². The molecule has 0 aliphatic carbocycles. The Labute approximate surface area is 226 Å². The Morgan fingerprint density at radius 2 is 1.82 bits per heavy atom. The molecule has 3 N–H and O–H groups in total. The SMILES string of the molecule is CN1CCC(Nc2ccc(C(=O)Nc3cc(-c4cccc5ccn(-c6cccc(C#N)c6)c45)n[nH]3)cc2)CC1. The van der Waals surface area contributed by atoms with Crippen LogP contribution in [-0.2, 0) is 0 Å². The van der Waals surface area contributed by atoms with Crippen LogP contribution >= 0.6 is 0 Å². The Morgan fingerprint density at radius 3 is 2.62 bits per heavy atom. The maximum absolute atomic E-state index is 13.0. The number of H-pyrrole nitrogens is 1. The van der Waals surface area contributed by atoms with Crippen LogP contribution < -0.4 is 10.6 Å². The van der Waals surface area contributed by atoms with E-state index in [9.17, 15) is 10.1 Å². The molecule has 8 heteroatoms. The lowest BCUT2D eigenvalue weighted by atomic mass is 10.0. The van der Waals surface area contributed by atoms with Crippen molar-refractivity contribution in [3.8, 4) is 23.0 Å². The Bertz CT molecular complexity index is 1670. The van der Waals surface area contributed by atoms with E-state index in [1.165, 1.54) is 0 Å². The molecule has 1 amide bonds. The van der Waals surface area contributed by atoms with E-state index in [2.05, 4.69) is 43.4 Å². The second-order valence-electron chi connectivity index (χ2n) is 10.0. The van der Waals surface area contributed by atoms with Crippen molar-refractivity contribution < 1.29 is 4.79 Å². The van der Waals surface area contributed by atoms with E-state index in [-0.39, 0.29) is 5.91 Å². The zero-order valence-electron chi connectivity index (χ0n) is 21.7. The van der Waals surface area contributed by atoms with Crippen molar-refractivity contribution >= 4 is 28.3 Å². The predicted molar refractivity (Wildman–Crippen MR) is 154 cm³/mol. The first-order valence-electron chi connectivity index (χ1n) is 13.1. The normalized spacial score (nSPS) is 14.3. The van der Waals surface area contributed by atoms with Crippen molar-refractivity contribution in [3.63, 3.8) is 0 Å². The summed E-state index contributed by atoms with van der Waals surface area (Å²) in [5.74, 6) is 0.316. The average Bonchev–Trinajstić information content (AvgIpc) is 3.62. The van der Waals surface area contributed by atoms with Gasteiger partial charge < -0.3 is 20.1 Å². The number of hydrogen-bond acceptors (Lipinski definition) is 5. The van der Waals surface area contributed by atoms with E-state index in [0.29, 0.717) is 28.7 Å². The van der Waals surface area contributed by atoms with Crippen LogP contribution in [0.4, 0.5) is 11.5 Å². The molecule has 39 heavy (non-hydrogen) atoms. The standard InChI is InChI=1S/C31H29N7O/c1-37-15-13-25(14-16-37)33-24-10-8-23(9-11-24)31(39)34-29-19-28(35-36-29)27-7-3-5-22-12-17-38(30(22)27)26-6-2-4-21(18-26)20-32/h2-12,17-19,25,33H,13-16H2,1H3,(H2,34,35,36,39). The van der Waals surface area contributed by atoms with E-state index >= 15 is 0 Å². The molecule has 0 atom stereocenters. The number of rotatable bonds is 6. The monoisotopic (exact) mass is 515 g/mol. The average molecular weight is 516 g/mol. The Kier molecular flexibility index (Phi) is 6.57. The molecule has 1 saturated heterocycles. The molecular formula is C31H29N7O. The molecule has 3 heterocycles. The number of fused-ring (bicyclic) bond motifs is 1. The summed E-state index contributed by atoms with van der Waals surface area (Å²) < 4.78 is 2.06. The first-order chi connectivity index (χ1) is 19.1. The molecule has 2 aromatic heterocycles. The van der Waals surface area contributed by atoms with Crippen LogP contribution in [0.3, 0.4) is 0 Å². The van der Waals surface area contributed by atoms with Crippen molar-refractivity contribution in [1.29, 1.82) is 5.26 Å². The number of anilines is 2. The van der Waals surface area contributed by atoms with Gasteiger partial charge in [0, 0.05) is 46.2 Å². The molecule has 5 aromatic rings. The van der Waals surface area contributed by atoms with E-state index in [4.69, 9.17) is 0 Å². The van der Waals surface area contributed by atoms with Crippen LogP contribution in [0.5, 0.6) is 0 Å². The third-order valence-electron chi connectivity index (χ3n) is 7.30. The molecule has 1 aliphatic rings. The topological polar surface area (TPSA) is 102 Å². The van der Waals surface area contributed by atoms with Crippen molar-refractivity contribution in [2.45, 2.75) is 18.9 Å². The Balaban J connectivity index is 1.19. The van der Waals surface area contributed by atoms with E-state index in [1.54, 1.807) is 6.07 Å². The molecule has 3 aromatic carbocycles.